The Kier molecular flexibility index (Phi) is 5.49. The smallest absolute Gasteiger partial charge is 0.223 e. The molecule has 0 bridgehead atoms. The maximum absolute atomic E-state index is 12.4. The first-order valence-corrected chi connectivity index (χ1v) is 9.25. The number of piperidine rings is 1. The zero-order valence-electron chi connectivity index (χ0n) is 15.4. The molecule has 1 aromatic heterocycles. The van der Waals surface area contributed by atoms with Gasteiger partial charge in [0.1, 0.15) is 17.6 Å². The molecule has 3 rings (SSSR count). The maximum atomic E-state index is 12.4. The Morgan fingerprint density at radius 3 is 2.65 bits per heavy atom. The number of aliphatic hydroxyl groups excluding tert-OH is 1. The van der Waals surface area contributed by atoms with Gasteiger partial charge >= 0.3 is 0 Å². The number of β-amino-alcohol motifs (C(OH)–C–C–N with tert-alkyl or cyclic N) is 1. The standard InChI is InChI=1S/C21H27NO4/c1-3-21(25)12-13-22(14-19(21)23)20(24)11-9-17-8-10-18(26-17)16-6-4-15(2)5-7-16/h4-8,10,19,23,25H,3,9,11-14H2,1-2H3. The Morgan fingerprint density at radius 1 is 1.27 bits per heavy atom. The van der Waals surface area contributed by atoms with Gasteiger partial charge in [0.05, 0.1) is 5.60 Å². The molecule has 140 valence electrons. The van der Waals surface area contributed by atoms with Crippen LogP contribution in [-0.4, -0.2) is 45.8 Å². The second-order valence-electron chi connectivity index (χ2n) is 7.19. The van der Waals surface area contributed by atoms with E-state index in [4.69, 9.17) is 4.42 Å². The summed E-state index contributed by atoms with van der Waals surface area (Å²) in [5.74, 6) is 1.56. The van der Waals surface area contributed by atoms with Gasteiger partial charge in [-0.25, -0.2) is 0 Å². The number of carbonyl (C=O) groups excluding carboxylic acids is 1. The summed E-state index contributed by atoms with van der Waals surface area (Å²) in [6.45, 7) is 4.56. The number of amides is 1. The molecule has 2 atom stereocenters. The van der Waals surface area contributed by atoms with E-state index in [1.807, 2.05) is 50.2 Å². The maximum Gasteiger partial charge on any atom is 0.223 e. The highest BCUT2D eigenvalue weighted by Crippen LogP contribution is 2.27. The average Bonchev–Trinajstić information content (AvgIpc) is 3.11. The van der Waals surface area contributed by atoms with E-state index in [1.165, 1.54) is 5.56 Å². The summed E-state index contributed by atoms with van der Waals surface area (Å²) < 4.78 is 5.86. The molecule has 0 radical (unpaired) electrons. The van der Waals surface area contributed by atoms with Crippen LogP contribution in [0.2, 0.25) is 0 Å². The highest BCUT2D eigenvalue weighted by Gasteiger charge is 2.40. The lowest BCUT2D eigenvalue weighted by Gasteiger charge is -2.41. The largest absolute Gasteiger partial charge is 0.461 e. The second kappa shape index (κ2) is 7.64. The van der Waals surface area contributed by atoms with Gasteiger partial charge in [0, 0.05) is 31.5 Å². The topological polar surface area (TPSA) is 73.9 Å². The molecule has 1 aliphatic heterocycles. The fourth-order valence-corrected chi connectivity index (χ4v) is 3.38. The molecule has 2 unspecified atom stereocenters. The van der Waals surface area contributed by atoms with E-state index in [0.29, 0.717) is 32.2 Å². The molecule has 2 aromatic rings. The molecule has 0 spiro atoms. The van der Waals surface area contributed by atoms with Crippen LogP contribution in [0.1, 0.15) is 37.5 Å². The van der Waals surface area contributed by atoms with E-state index < -0.39 is 11.7 Å². The molecular formula is C21H27NO4. The minimum absolute atomic E-state index is 0.0181. The van der Waals surface area contributed by atoms with Gasteiger partial charge in [-0.15, -0.1) is 0 Å². The van der Waals surface area contributed by atoms with Crippen LogP contribution in [0.4, 0.5) is 0 Å². The van der Waals surface area contributed by atoms with Crippen LogP contribution >= 0.6 is 0 Å². The number of hydrogen-bond acceptors (Lipinski definition) is 4. The molecule has 2 N–H and O–H groups in total. The number of nitrogens with zero attached hydrogens (tertiary/aromatic N) is 1. The van der Waals surface area contributed by atoms with Crippen LogP contribution in [0, 0.1) is 6.92 Å². The van der Waals surface area contributed by atoms with Crippen molar-refractivity contribution in [3.63, 3.8) is 0 Å². The van der Waals surface area contributed by atoms with Gasteiger partial charge in [0.2, 0.25) is 5.91 Å². The Morgan fingerprint density at radius 2 is 2.00 bits per heavy atom. The third-order valence-corrected chi connectivity index (χ3v) is 5.38. The van der Waals surface area contributed by atoms with Crippen molar-refractivity contribution >= 4 is 5.91 Å². The van der Waals surface area contributed by atoms with Gasteiger partial charge < -0.3 is 19.5 Å². The third kappa shape index (κ3) is 4.00. The average molecular weight is 357 g/mol. The van der Waals surface area contributed by atoms with E-state index in [2.05, 4.69) is 0 Å². The SMILES string of the molecule is CCC1(O)CCN(C(=O)CCc2ccc(-c3ccc(C)cc3)o2)CC1O. The first kappa shape index (κ1) is 18.7. The third-order valence-electron chi connectivity index (χ3n) is 5.38. The highest BCUT2D eigenvalue weighted by molar-refractivity contribution is 5.76. The van der Waals surface area contributed by atoms with Gasteiger partial charge in [0.25, 0.3) is 0 Å². The van der Waals surface area contributed by atoms with Crippen LogP contribution in [0.25, 0.3) is 11.3 Å². The van der Waals surface area contributed by atoms with Crippen molar-refractivity contribution < 1.29 is 19.4 Å². The molecule has 5 nitrogen and oxygen atoms in total. The Hall–Kier alpha value is -2.11. The van der Waals surface area contributed by atoms with Crippen molar-refractivity contribution in [3.8, 4) is 11.3 Å². The Bertz CT molecular complexity index is 752. The lowest BCUT2D eigenvalue weighted by Crippen LogP contribution is -2.56. The normalized spacial score (nSPS) is 23.2. The zero-order valence-corrected chi connectivity index (χ0v) is 15.4. The summed E-state index contributed by atoms with van der Waals surface area (Å²) in [7, 11) is 0. The van der Waals surface area contributed by atoms with Crippen molar-refractivity contribution in [2.45, 2.75) is 51.2 Å². The predicted octanol–water partition coefficient (Wildman–Crippen LogP) is 2.92. The number of benzene rings is 1. The van der Waals surface area contributed by atoms with E-state index in [-0.39, 0.29) is 12.5 Å². The lowest BCUT2D eigenvalue weighted by molar-refractivity contribution is -0.149. The minimum atomic E-state index is -1.07. The summed E-state index contributed by atoms with van der Waals surface area (Å²) in [5.41, 5.74) is 1.15. The fourth-order valence-electron chi connectivity index (χ4n) is 3.38. The van der Waals surface area contributed by atoms with E-state index in [9.17, 15) is 15.0 Å². The molecule has 0 aliphatic carbocycles. The number of likely N-dealkylation sites (tertiary alicyclic amines) is 1. The number of furan rings is 1. The van der Waals surface area contributed by atoms with Crippen molar-refractivity contribution in [2.75, 3.05) is 13.1 Å². The lowest BCUT2D eigenvalue weighted by atomic mass is 9.86. The van der Waals surface area contributed by atoms with Gasteiger partial charge in [-0.3, -0.25) is 4.79 Å². The number of aliphatic hydroxyl groups is 2. The van der Waals surface area contributed by atoms with Gasteiger partial charge in [-0.05, 0) is 31.9 Å². The van der Waals surface area contributed by atoms with Crippen molar-refractivity contribution in [3.05, 3.63) is 47.7 Å². The van der Waals surface area contributed by atoms with Crippen LogP contribution < -0.4 is 0 Å². The summed E-state index contributed by atoms with van der Waals surface area (Å²) in [6, 6.07) is 12.0. The summed E-state index contributed by atoms with van der Waals surface area (Å²) in [6.07, 6.45) is 0.869. The van der Waals surface area contributed by atoms with Crippen LogP contribution in [0.3, 0.4) is 0 Å². The zero-order chi connectivity index (χ0) is 18.7. The summed E-state index contributed by atoms with van der Waals surface area (Å²) in [5, 5.41) is 20.4. The summed E-state index contributed by atoms with van der Waals surface area (Å²) in [4.78, 5) is 14.1. The molecule has 1 saturated heterocycles. The monoisotopic (exact) mass is 357 g/mol. The molecule has 5 heteroatoms. The predicted molar refractivity (Wildman–Crippen MR) is 99.6 cm³/mol. The minimum Gasteiger partial charge on any atom is -0.461 e. The molecule has 26 heavy (non-hydrogen) atoms. The number of carbonyl (C=O) groups is 1. The second-order valence-corrected chi connectivity index (χ2v) is 7.19. The number of aryl methyl sites for hydroxylation is 2. The van der Waals surface area contributed by atoms with E-state index in [1.54, 1.807) is 4.90 Å². The van der Waals surface area contributed by atoms with E-state index in [0.717, 1.165) is 17.1 Å². The van der Waals surface area contributed by atoms with Crippen LogP contribution in [0.5, 0.6) is 0 Å². The van der Waals surface area contributed by atoms with Crippen molar-refractivity contribution in [1.82, 2.24) is 4.90 Å². The van der Waals surface area contributed by atoms with Gasteiger partial charge in [0.15, 0.2) is 0 Å². The molecule has 1 amide bonds. The van der Waals surface area contributed by atoms with Gasteiger partial charge in [-0.1, -0.05) is 36.8 Å². The van der Waals surface area contributed by atoms with Crippen LogP contribution in [-0.2, 0) is 11.2 Å². The fraction of sp³-hybridized carbons (Fsp3) is 0.476. The first-order valence-electron chi connectivity index (χ1n) is 9.25. The Balaban J connectivity index is 1.55. The molecule has 1 aromatic carbocycles. The molecule has 1 fully saturated rings. The van der Waals surface area contributed by atoms with Crippen LogP contribution in [0.15, 0.2) is 40.8 Å². The molecular weight excluding hydrogens is 330 g/mol. The quantitative estimate of drug-likeness (QED) is 0.863. The van der Waals surface area contributed by atoms with Gasteiger partial charge in [-0.2, -0.15) is 0 Å². The first-order chi connectivity index (χ1) is 12.4. The molecule has 2 heterocycles. The molecule has 0 saturated carbocycles. The Labute approximate surface area is 154 Å². The number of hydrogen-bond donors (Lipinski definition) is 2. The highest BCUT2D eigenvalue weighted by atomic mass is 16.3. The van der Waals surface area contributed by atoms with Crippen molar-refractivity contribution in [2.24, 2.45) is 0 Å². The number of rotatable bonds is 5. The molecule has 1 aliphatic rings. The van der Waals surface area contributed by atoms with Crippen molar-refractivity contribution in [1.29, 1.82) is 0 Å². The summed E-state index contributed by atoms with van der Waals surface area (Å²) >= 11 is 0. The van der Waals surface area contributed by atoms with E-state index >= 15 is 0 Å².